The second-order valence-corrected chi connectivity index (χ2v) is 9.57. The first-order valence-electron chi connectivity index (χ1n) is 10.2. The van der Waals surface area contributed by atoms with Crippen LogP contribution in [0, 0.1) is 11.3 Å². The van der Waals surface area contributed by atoms with Gasteiger partial charge in [-0.25, -0.2) is 0 Å². The summed E-state index contributed by atoms with van der Waals surface area (Å²) in [6, 6.07) is 6.19. The van der Waals surface area contributed by atoms with Crippen molar-refractivity contribution in [3.8, 4) is 0 Å². The Morgan fingerprint density at radius 2 is 1.83 bits per heavy atom. The molecule has 0 radical (unpaired) electrons. The molecule has 4 atom stereocenters. The third-order valence-electron chi connectivity index (χ3n) is 5.87. The van der Waals surface area contributed by atoms with Crippen molar-refractivity contribution in [2.24, 2.45) is 17.1 Å². The molecule has 1 aromatic rings. The number of nitrogens with one attached hydrogen (secondary N) is 1. The van der Waals surface area contributed by atoms with Gasteiger partial charge in [-0.05, 0) is 48.3 Å². The number of halogens is 1. The van der Waals surface area contributed by atoms with Crippen LogP contribution in [0.4, 0.5) is 0 Å². The maximum Gasteiger partial charge on any atom is 0.245 e. The first-order valence-corrected chi connectivity index (χ1v) is 10.6. The fraction of sp³-hybridized carbons (Fsp3) is 0.636. The molecular formula is C22H34ClN3O3. The van der Waals surface area contributed by atoms with Crippen LogP contribution in [0.15, 0.2) is 24.3 Å². The van der Waals surface area contributed by atoms with E-state index < -0.39 is 24.1 Å². The Bertz CT molecular complexity index is 719. The normalized spacial score (nSPS) is 22.1. The predicted molar refractivity (Wildman–Crippen MR) is 116 cm³/mol. The van der Waals surface area contributed by atoms with Gasteiger partial charge in [0.05, 0.1) is 6.10 Å². The molecule has 2 amide bonds. The molecule has 162 valence electrons. The van der Waals surface area contributed by atoms with Crippen LogP contribution in [0.3, 0.4) is 0 Å². The largest absolute Gasteiger partial charge is 0.391 e. The molecule has 29 heavy (non-hydrogen) atoms. The molecule has 6 nitrogen and oxygen atoms in total. The minimum atomic E-state index is -1.06. The Morgan fingerprint density at radius 1 is 1.24 bits per heavy atom. The molecule has 1 aliphatic rings. The predicted octanol–water partition coefficient (Wildman–Crippen LogP) is 2.53. The molecule has 0 bridgehead atoms. The van der Waals surface area contributed by atoms with Gasteiger partial charge in [0.2, 0.25) is 11.8 Å². The number of nitrogens with zero attached hydrogens (tertiary/aromatic N) is 1. The van der Waals surface area contributed by atoms with Gasteiger partial charge in [-0.1, -0.05) is 51.4 Å². The van der Waals surface area contributed by atoms with Gasteiger partial charge in [-0.2, -0.15) is 0 Å². The minimum absolute atomic E-state index is 0.0928. The Balaban J connectivity index is 2.12. The number of piperidine rings is 1. The van der Waals surface area contributed by atoms with E-state index in [1.54, 1.807) is 0 Å². The van der Waals surface area contributed by atoms with Crippen molar-refractivity contribution in [3.05, 3.63) is 34.9 Å². The average Bonchev–Trinajstić information content (AvgIpc) is 2.64. The molecule has 0 aromatic heterocycles. The van der Waals surface area contributed by atoms with Crippen LogP contribution in [0.5, 0.6) is 0 Å². The molecule has 0 aliphatic carbocycles. The van der Waals surface area contributed by atoms with Gasteiger partial charge in [0.1, 0.15) is 12.1 Å². The first kappa shape index (κ1) is 23.6. The summed E-state index contributed by atoms with van der Waals surface area (Å²) in [7, 11) is 0. The molecule has 4 N–H and O–H groups in total. The maximum atomic E-state index is 13.2. The van der Waals surface area contributed by atoms with E-state index in [-0.39, 0.29) is 17.2 Å². The second kappa shape index (κ2) is 9.45. The monoisotopic (exact) mass is 423 g/mol. The lowest BCUT2D eigenvalue weighted by atomic mass is 9.70. The Hall–Kier alpha value is -1.63. The smallest absolute Gasteiger partial charge is 0.245 e. The third kappa shape index (κ3) is 5.71. The lowest BCUT2D eigenvalue weighted by molar-refractivity contribution is -0.141. The number of aliphatic hydroxyl groups excluding tert-OH is 1. The zero-order valence-electron chi connectivity index (χ0n) is 18.0. The summed E-state index contributed by atoms with van der Waals surface area (Å²) in [6.07, 6.45) is -0.140. The van der Waals surface area contributed by atoms with Crippen molar-refractivity contribution >= 4 is 23.4 Å². The average molecular weight is 424 g/mol. The van der Waals surface area contributed by atoms with E-state index in [9.17, 15) is 14.7 Å². The number of benzene rings is 1. The topological polar surface area (TPSA) is 95.7 Å². The van der Waals surface area contributed by atoms with E-state index >= 15 is 0 Å². The molecule has 0 saturated carbocycles. The molecule has 1 heterocycles. The van der Waals surface area contributed by atoms with Crippen LogP contribution < -0.4 is 11.1 Å². The number of aliphatic hydroxyl groups is 1. The minimum Gasteiger partial charge on any atom is -0.391 e. The van der Waals surface area contributed by atoms with Gasteiger partial charge in [-0.3, -0.25) is 9.59 Å². The van der Waals surface area contributed by atoms with E-state index in [4.69, 9.17) is 17.3 Å². The van der Waals surface area contributed by atoms with Crippen LogP contribution in [-0.2, 0) is 9.59 Å². The molecule has 2 rings (SSSR count). The number of hydrogen-bond donors (Lipinski definition) is 3. The van der Waals surface area contributed by atoms with E-state index in [2.05, 4.69) is 31.3 Å². The number of rotatable bonds is 6. The molecule has 1 aromatic carbocycles. The highest BCUT2D eigenvalue weighted by Gasteiger charge is 2.40. The second-order valence-electron chi connectivity index (χ2n) is 9.14. The number of carbonyl (C=O) groups excluding carboxylic acids is 2. The van der Waals surface area contributed by atoms with Gasteiger partial charge in [0.25, 0.3) is 0 Å². The van der Waals surface area contributed by atoms with Gasteiger partial charge >= 0.3 is 0 Å². The summed E-state index contributed by atoms with van der Waals surface area (Å²) < 4.78 is 0. The fourth-order valence-corrected chi connectivity index (χ4v) is 4.16. The Morgan fingerprint density at radius 3 is 2.31 bits per heavy atom. The molecular weight excluding hydrogens is 390 g/mol. The third-order valence-corrected chi connectivity index (χ3v) is 6.12. The van der Waals surface area contributed by atoms with Crippen LogP contribution in [0.25, 0.3) is 0 Å². The number of carbonyl (C=O) groups is 2. The van der Waals surface area contributed by atoms with Crippen molar-refractivity contribution in [2.75, 3.05) is 13.1 Å². The molecule has 7 heteroatoms. The van der Waals surface area contributed by atoms with E-state index in [0.29, 0.717) is 24.0 Å². The SMILES string of the molecule is CC(C)[C@@H](NC(=O)[C@H](N)[C@H](C)O)C(=O)N1CC[C@H](c2ccc(Cl)cc2)C(C)(C)C1. The number of amides is 2. The number of hydrogen-bond acceptors (Lipinski definition) is 4. The van der Waals surface area contributed by atoms with Crippen LogP contribution in [-0.4, -0.2) is 53.1 Å². The van der Waals surface area contributed by atoms with Gasteiger partial charge in [0.15, 0.2) is 0 Å². The lowest BCUT2D eigenvalue weighted by Gasteiger charge is -2.46. The van der Waals surface area contributed by atoms with Gasteiger partial charge in [0, 0.05) is 18.1 Å². The van der Waals surface area contributed by atoms with E-state index in [1.807, 2.05) is 30.9 Å². The Labute approximate surface area is 178 Å². The summed E-state index contributed by atoms with van der Waals surface area (Å²) in [5.74, 6) is -0.388. The molecule has 0 unspecified atom stereocenters. The quantitative estimate of drug-likeness (QED) is 0.655. The highest BCUT2D eigenvalue weighted by Crippen LogP contribution is 2.42. The van der Waals surface area contributed by atoms with E-state index in [0.717, 1.165) is 6.42 Å². The number of nitrogens with two attached hydrogens (primary N) is 1. The summed E-state index contributed by atoms with van der Waals surface area (Å²) in [4.78, 5) is 27.4. The van der Waals surface area contributed by atoms with Crippen LogP contribution >= 0.6 is 11.6 Å². The summed E-state index contributed by atoms with van der Waals surface area (Å²) >= 11 is 6.02. The van der Waals surface area contributed by atoms with Crippen molar-refractivity contribution in [1.82, 2.24) is 10.2 Å². The van der Waals surface area contributed by atoms with Gasteiger partial charge < -0.3 is 21.1 Å². The van der Waals surface area contributed by atoms with E-state index in [1.165, 1.54) is 12.5 Å². The number of likely N-dealkylation sites (tertiary alicyclic amines) is 1. The molecule has 1 saturated heterocycles. The molecule has 1 aliphatic heterocycles. The van der Waals surface area contributed by atoms with Crippen LogP contribution in [0.1, 0.15) is 52.5 Å². The first-order chi connectivity index (χ1) is 13.4. The molecule has 1 fully saturated rings. The highest BCUT2D eigenvalue weighted by atomic mass is 35.5. The maximum absolute atomic E-state index is 13.2. The Kier molecular flexibility index (Phi) is 7.71. The lowest BCUT2D eigenvalue weighted by Crippen LogP contribution is -2.59. The van der Waals surface area contributed by atoms with Crippen molar-refractivity contribution in [2.45, 2.75) is 65.1 Å². The summed E-state index contributed by atoms with van der Waals surface area (Å²) in [6.45, 7) is 10.8. The van der Waals surface area contributed by atoms with Crippen molar-refractivity contribution in [3.63, 3.8) is 0 Å². The standard InChI is InChI=1S/C22H34ClN3O3/c1-13(2)19(25-20(28)18(24)14(3)27)21(29)26-11-10-17(22(4,5)12-26)15-6-8-16(23)9-7-15/h6-9,13-14,17-19,27H,10-12,24H2,1-5H3,(H,25,28)/t14-,17+,18+,19+/m0/s1. The van der Waals surface area contributed by atoms with Crippen molar-refractivity contribution in [1.29, 1.82) is 0 Å². The van der Waals surface area contributed by atoms with Gasteiger partial charge in [-0.15, -0.1) is 0 Å². The zero-order valence-corrected chi connectivity index (χ0v) is 18.7. The fourth-order valence-electron chi connectivity index (χ4n) is 4.04. The van der Waals surface area contributed by atoms with Crippen LogP contribution in [0.2, 0.25) is 5.02 Å². The zero-order chi connectivity index (χ0) is 21.9. The van der Waals surface area contributed by atoms with Crippen molar-refractivity contribution < 1.29 is 14.7 Å². The highest BCUT2D eigenvalue weighted by molar-refractivity contribution is 6.30. The molecule has 0 spiro atoms. The summed E-state index contributed by atoms with van der Waals surface area (Å²) in [5.41, 5.74) is 6.83. The summed E-state index contributed by atoms with van der Waals surface area (Å²) in [5, 5.41) is 13.0.